The minimum atomic E-state index is -5.01. The molecule has 34 heavy (non-hydrogen) atoms. The van der Waals surface area contributed by atoms with Gasteiger partial charge in [0.15, 0.2) is 0 Å². The summed E-state index contributed by atoms with van der Waals surface area (Å²) >= 11 is 0. The van der Waals surface area contributed by atoms with E-state index in [-0.39, 0.29) is 33.8 Å². The van der Waals surface area contributed by atoms with Crippen molar-refractivity contribution in [3.8, 4) is 45.3 Å². The highest BCUT2D eigenvalue weighted by Gasteiger charge is 2.32. The lowest BCUT2D eigenvalue weighted by Crippen LogP contribution is -2.17. The van der Waals surface area contributed by atoms with E-state index >= 15 is 0 Å². The summed E-state index contributed by atoms with van der Waals surface area (Å²) in [6.07, 6.45) is -10.0. The molecule has 0 aliphatic heterocycles. The van der Waals surface area contributed by atoms with Gasteiger partial charge < -0.3 is 18.9 Å². The molecule has 0 spiro atoms. The molecule has 0 aliphatic carbocycles. The van der Waals surface area contributed by atoms with Crippen LogP contribution in [0.2, 0.25) is 0 Å². The molecule has 0 atom stereocenters. The largest absolute Gasteiger partial charge is 0.573 e. The molecular weight excluding hydrogens is 480 g/mol. The monoisotopic (exact) mass is 494 g/mol. The summed E-state index contributed by atoms with van der Waals surface area (Å²) in [4.78, 5) is 0. The van der Waals surface area contributed by atoms with E-state index in [2.05, 4.69) is 9.47 Å². The van der Waals surface area contributed by atoms with Gasteiger partial charge in [-0.15, -0.1) is 26.3 Å². The van der Waals surface area contributed by atoms with Crippen molar-refractivity contribution >= 4 is 0 Å². The fourth-order valence-corrected chi connectivity index (χ4v) is 3.14. The van der Waals surface area contributed by atoms with Crippen molar-refractivity contribution in [1.29, 1.82) is 0 Å². The second-order valence-electron chi connectivity index (χ2n) is 6.63. The third-order valence-corrected chi connectivity index (χ3v) is 4.45. The Hall–Kier alpha value is -3.70. The molecule has 0 aromatic heterocycles. The van der Waals surface area contributed by atoms with Gasteiger partial charge in [-0.25, -0.2) is 8.78 Å². The first kappa shape index (κ1) is 24.9. The first-order valence-electron chi connectivity index (χ1n) is 9.18. The number of benzene rings is 3. The van der Waals surface area contributed by atoms with Crippen molar-refractivity contribution in [3.63, 3.8) is 0 Å². The lowest BCUT2D eigenvalue weighted by atomic mass is 9.97. The Morgan fingerprint density at radius 3 is 1.15 bits per heavy atom. The van der Waals surface area contributed by atoms with Crippen LogP contribution >= 0.6 is 0 Å². The van der Waals surface area contributed by atoms with Crippen molar-refractivity contribution in [3.05, 3.63) is 60.2 Å². The van der Waals surface area contributed by atoms with Crippen LogP contribution in [0.1, 0.15) is 0 Å². The lowest BCUT2D eigenvalue weighted by molar-refractivity contribution is -0.275. The van der Waals surface area contributed by atoms with Crippen molar-refractivity contribution < 1.29 is 54.1 Å². The maximum absolute atomic E-state index is 14.6. The van der Waals surface area contributed by atoms with Crippen LogP contribution < -0.4 is 18.9 Å². The molecule has 0 aliphatic rings. The minimum absolute atomic E-state index is 0.0193. The Morgan fingerprint density at radius 1 is 0.529 bits per heavy atom. The van der Waals surface area contributed by atoms with Crippen LogP contribution in [0.4, 0.5) is 35.1 Å². The molecule has 0 heterocycles. The molecular formula is C22H14F8O4. The molecule has 12 heteroatoms. The van der Waals surface area contributed by atoms with Crippen LogP contribution in [-0.4, -0.2) is 26.9 Å². The summed E-state index contributed by atoms with van der Waals surface area (Å²) in [6, 6.07) is 7.39. The normalized spacial score (nSPS) is 11.8. The number of hydrogen-bond acceptors (Lipinski definition) is 4. The van der Waals surface area contributed by atoms with Gasteiger partial charge in [0.25, 0.3) is 0 Å². The van der Waals surface area contributed by atoms with Crippen LogP contribution in [0.25, 0.3) is 22.3 Å². The molecule has 0 saturated heterocycles. The summed E-state index contributed by atoms with van der Waals surface area (Å²) in [5, 5.41) is 0. The third kappa shape index (κ3) is 5.80. The van der Waals surface area contributed by atoms with Gasteiger partial charge in [0.1, 0.15) is 34.6 Å². The number of halogens is 8. The molecule has 3 aromatic rings. The fraction of sp³-hybridized carbons (Fsp3) is 0.182. The number of hydrogen-bond donors (Lipinski definition) is 0. The Kier molecular flexibility index (Phi) is 6.80. The first-order valence-corrected chi connectivity index (χ1v) is 9.18. The molecule has 0 fully saturated rings. The highest BCUT2D eigenvalue weighted by Crippen LogP contribution is 2.43. The van der Waals surface area contributed by atoms with Crippen LogP contribution in [-0.2, 0) is 0 Å². The van der Waals surface area contributed by atoms with Gasteiger partial charge in [-0.1, -0.05) is 0 Å². The summed E-state index contributed by atoms with van der Waals surface area (Å²) in [5.41, 5.74) is -0.246. The van der Waals surface area contributed by atoms with Gasteiger partial charge in [0, 0.05) is 34.4 Å². The smallest absolute Gasteiger partial charge is 0.496 e. The predicted octanol–water partition coefficient (Wildman–Crippen LogP) is 7.11. The average molecular weight is 494 g/mol. The summed E-state index contributed by atoms with van der Waals surface area (Å²) in [6.45, 7) is 0. The van der Waals surface area contributed by atoms with Gasteiger partial charge in [0.05, 0.1) is 14.2 Å². The van der Waals surface area contributed by atoms with E-state index in [1.54, 1.807) is 0 Å². The fourth-order valence-electron chi connectivity index (χ4n) is 3.14. The van der Waals surface area contributed by atoms with Crippen molar-refractivity contribution in [2.45, 2.75) is 12.7 Å². The van der Waals surface area contributed by atoms with Gasteiger partial charge in [0.2, 0.25) is 0 Å². The van der Waals surface area contributed by atoms with Gasteiger partial charge in [-0.05, 0) is 36.4 Å². The Labute approximate surface area is 187 Å². The molecule has 0 bridgehead atoms. The summed E-state index contributed by atoms with van der Waals surface area (Å²) in [7, 11) is 2.43. The van der Waals surface area contributed by atoms with Crippen molar-refractivity contribution in [1.82, 2.24) is 0 Å². The SMILES string of the molecule is COc1cc(-c2ccc(OC(F)(F)F)cc2F)c(OC)cc1-c1ccc(OC(F)(F)F)cc1F. The topological polar surface area (TPSA) is 36.9 Å². The van der Waals surface area contributed by atoms with E-state index in [0.29, 0.717) is 12.1 Å². The van der Waals surface area contributed by atoms with E-state index in [1.165, 1.54) is 26.4 Å². The van der Waals surface area contributed by atoms with Crippen LogP contribution in [0, 0.1) is 11.6 Å². The molecule has 0 unspecified atom stereocenters. The molecule has 0 N–H and O–H groups in total. The van der Waals surface area contributed by atoms with Gasteiger partial charge in [-0.3, -0.25) is 0 Å². The number of methoxy groups -OCH3 is 2. The molecule has 3 rings (SSSR count). The second-order valence-corrected chi connectivity index (χ2v) is 6.63. The van der Waals surface area contributed by atoms with Gasteiger partial charge >= 0.3 is 12.7 Å². The predicted molar refractivity (Wildman–Crippen MR) is 104 cm³/mol. The number of ether oxygens (including phenoxy) is 4. The molecule has 0 amide bonds. The molecule has 4 nitrogen and oxygen atoms in total. The highest BCUT2D eigenvalue weighted by atomic mass is 19.4. The standard InChI is InChI=1S/C22H14F8O4/c1-31-19-9-16(14-6-4-12(8-18(14)24)34-22(28,29)30)20(32-2)10-15(19)13-5-3-11(7-17(13)23)33-21(25,26)27/h3-10H,1-2H3. The van der Waals surface area contributed by atoms with E-state index < -0.39 is 35.9 Å². The maximum atomic E-state index is 14.6. The van der Waals surface area contributed by atoms with Crippen LogP contribution in [0.3, 0.4) is 0 Å². The Balaban J connectivity index is 2.07. The van der Waals surface area contributed by atoms with E-state index in [1.807, 2.05) is 0 Å². The molecule has 0 radical (unpaired) electrons. The quantitative estimate of drug-likeness (QED) is 0.342. The summed E-state index contributed by atoms with van der Waals surface area (Å²) in [5.74, 6) is -3.74. The molecule has 182 valence electrons. The summed E-state index contributed by atoms with van der Waals surface area (Å²) < 4.78 is 121. The zero-order valence-electron chi connectivity index (χ0n) is 17.3. The third-order valence-electron chi connectivity index (χ3n) is 4.45. The highest BCUT2D eigenvalue weighted by molar-refractivity contribution is 5.82. The van der Waals surface area contributed by atoms with Gasteiger partial charge in [-0.2, -0.15) is 0 Å². The van der Waals surface area contributed by atoms with Crippen molar-refractivity contribution in [2.24, 2.45) is 0 Å². The first-order chi connectivity index (χ1) is 15.8. The molecule has 3 aromatic carbocycles. The average Bonchev–Trinajstić information content (AvgIpc) is 2.71. The zero-order chi connectivity index (χ0) is 25.3. The number of rotatable bonds is 6. The Bertz CT molecular complexity index is 1100. The maximum Gasteiger partial charge on any atom is 0.573 e. The zero-order valence-corrected chi connectivity index (χ0v) is 17.3. The van der Waals surface area contributed by atoms with Crippen LogP contribution in [0.15, 0.2) is 48.5 Å². The van der Waals surface area contributed by atoms with Crippen LogP contribution in [0.5, 0.6) is 23.0 Å². The second kappa shape index (κ2) is 9.27. The number of alkyl halides is 6. The van der Waals surface area contributed by atoms with E-state index in [9.17, 15) is 35.1 Å². The molecule has 0 saturated carbocycles. The lowest BCUT2D eigenvalue weighted by Gasteiger charge is -2.17. The van der Waals surface area contributed by atoms with E-state index in [4.69, 9.17) is 9.47 Å². The minimum Gasteiger partial charge on any atom is -0.496 e. The van der Waals surface area contributed by atoms with E-state index in [0.717, 1.165) is 24.3 Å². The van der Waals surface area contributed by atoms with Crippen molar-refractivity contribution in [2.75, 3.05) is 14.2 Å². The Morgan fingerprint density at radius 2 is 0.882 bits per heavy atom.